The molecule has 4 nitrogen and oxygen atoms in total. The molecule has 1 aliphatic rings. The molecular weight excluding hydrogens is 366 g/mol. The van der Waals surface area contributed by atoms with E-state index in [1.807, 2.05) is 36.2 Å². The molecule has 0 radical (unpaired) electrons. The second-order valence-corrected chi connectivity index (χ2v) is 7.82. The smallest absolute Gasteiger partial charge is 0.119 e. The molecule has 1 aromatic rings. The monoisotopic (exact) mass is 397 g/mol. The molecule has 1 N–H and O–H groups in total. The first-order chi connectivity index (χ1) is 13.5. The summed E-state index contributed by atoms with van der Waals surface area (Å²) >= 11 is 1.65. The SMILES string of the molecule is C=C(C)CC=C(C)/C(=C/C)SNC(C)COC1=CC=C(n2ccnc2)CC=C1. The average molecular weight is 398 g/mol. The van der Waals surface area contributed by atoms with Crippen LogP contribution in [-0.4, -0.2) is 22.2 Å². The Morgan fingerprint density at radius 3 is 2.93 bits per heavy atom. The van der Waals surface area contributed by atoms with E-state index in [2.05, 4.69) is 61.4 Å². The van der Waals surface area contributed by atoms with Crippen LogP contribution < -0.4 is 4.72 Å². The zero-order valence-corrected chi connectivity index (χ0v) is 18.1. The van der Waals surface area contributed by atoms with Crippen LogP contribution in [0.15, 0.2) is 83.6 Å². The number of allylic oxidation sites excluding steroid dienone is 9. The van der Waals surface area contributed by atoms with E-state index < -0.39 is 0 Å². The maximum absolute atomic E-state index is 5.98. The lowest BCUT2D eigenvalue weighted by Crippen LogP contribution is -2.25. The number of nitrogens with zero attached hydrogens (tertiary/aromatic N) is 2. The predicted molar refractivity (Wildman–Crippen MR) is 121 cm³/mol. The van der Waals surface area contributed by atoms with E-state index in [0.29, 0.717) is 6.61 Å². The van der Waals surface area contributed by atoms with Gasteiger partial charge >= 0.3 is 0 Å². The molecule has 0 saturated heterocycles. The Hall–Kier alpha value is -2.24. The van der Waals surface area contributed by atoms with Gasteiger partial charge in [0.1, 0.15) is 12.4 Å². The van der Waals surface area contributed by atoms with Crippen molar-refractivity contribution in [3.8, 4) is 0 Å². The number of nitrogens with one attached hydrogen (secondary N) is 1. The van der Waals surface area contributed by atoms with Crippen LogP contribution in [0, 0.1) is 0 Å². The molecule has 0 saturated carbocycles. The molecule has 1 aromatic heterocycles. The second-order valence-electron chi connectivity index (χ2n) is 6.94. The van der Waals surface area contributed by atoms with Gasteiger partial charge in [-0.25, -0.2) is 4.98 Å². The molecule has 1 heterocycles. The van der Waals surface area contributed by atoms with Gasteiger partial charge in [0.05, 0.1) is 6.33 Å². The minimum atomic E-state index is 0.212. The first-order valence-electron chi connectivity index (χ1n) is 9.58. The minimum absolute atomic E-state index is 0.212. The molecule has 0 fully saturated rings. The van der Waals surface area contributed by atoms with E-state index in [0.717, 1.165) is 18.6 Å². The fraction of sp³-hybridized carbons (Fsp3) is 0.348. The summed E-state index contributed by atoms with van der Waals surface area (Å²) in [5, 5.41) is 0. The molecule has 1 atom stereocenters. The normalized spacial score (nSPS) is 16.3. The Morgan fingerprint density at radius 2 is 2.25 bits per heavy atom. The zero-order valence-electron chi connectivity index (χ0n) is 17.3. The number of ether oxygens (including phenoxy) is 1. The summed E-state index contributed by atoms with van der Waals surface area (Å²) in [6, 6.07) is 0.212. The molecule has 0 aromatic carbocycles. The van der Waals surface area contributed by atoms with Crippen molar-refractivity contribution in [2.24, 2.45) is 0 Å². The van der Waals surface area contributed by atoms with E-state index >= 15 is 0 Å². The third-order valence-corrected chi connectivity index (χ3v) is 5.46. The molecule has 0 spiro atoms. The van der Waals surface area contributed by atoms with Crippen LogP contribution in [0.25, 0.3) is 5.70 Å². The highest BCUT2D eigenvalue weighted by atomic mass is 32.2. The number of hydrogen-bond acceptors (Lipinski definition) is 4. The molecule has 1 unspecified atom stereocenters. The number of hydrogen-bond donors (Lipinski definition) is 1. The van der Waals surface area contributed by atoms with Crippen LogP contribution in [0.2, 0.25) is 0 Å². The van der Waals surface area contributed by atoms with Gasteiger partial charge < -0.3 is 9.30 Å². The first-order valence-corrected chi connectivity index (χ1v) is 10.4. The summed E-state index contributed by atoms with van der Waals surface area (Å²) in [5.41, 5.74) is 3.61. The van der Waals surface area contributed by atoms with Crippen molar-refractivity contribution < 1.29 is 4.74 Å². The fourth-order valence-corrected chi connectivity index (χ4v) is 3.29. The summed E-state index contributed by atoms with van der Waals surface area (Å²) in [6.45, 7) is 12.9. The minimum Gasteiger partial charge on any atom is -0.492 e. The van der Waals surface area contributed by atoms with Crippen molar-refractivity contribution >= 4 is 17.6 Å². The largest absolute Gasteiger partial charge is 0.492 e. The van der Waals surface area contributed by atoms with E-state index in [1.165, 1.54) is 21.7 Å². The van der Waals surface area contributed by atoms with Gasteiger partial charge in [0, 0.05) is 35.5 Å². The molecule has 2 rings (SSSR count). The van der Waals surface area contributed by atoms with Gasteiger partial charge in [-0.2, -0.15) is 0 Å². The lowest BCUT2D eigenvalue weighted by molar-refractivity contribution is 0.205. The Balaban J connectivity index is 1.82. The van der Waals surface area contributed by atoms with E-state index in [4.69, 9.17) is 4.74 Å². The van der Waals surface area contributed by atoms with Gasteiger partial charge in [-0.3, -0.25) is 4.72 Å². The van der Waals surface area contributed by atoms with E-state index in [9.17, 15) is 0 Å². The van der Waals surface area contributed by atoms with Crippen molar-refractivity contribution in [3.05, 3.63) is 83.6 Å². The van der Waals surface area contributed by atoms with Crippen LogP contribution in [-0.2, 0) is 4.74 Å². The predicted octanol–water partition coefficient (Wildman–Crippen LogP) is 6.03. The Morgan fingerprint density at radius 1 is 1.43 bits per heavy atom. The van der Waals surface area contributed by atoms with Crippen LogP contribution in [0.5, 0.6) is 0 Å². The van der Waals surface area contributed by atoms with Gasteiger partial charge in [0.2, 0.25) is 0 Å². The highest BCUT2D eigenvalue weighted by Crippen LogP contribution is 2.23. The molecular formula is C23H31N3OS. The van der Waals surface area contributed by atoms with Crippen molar-refractivity contribution in [1.29, 1.82) is 0 Å². The maximum atomic E-state index is 5.98. The van der Waals surface area contributed by atoms with E-state index in [-0.39, 0.29) is 6.04 Å². The van der Waals surface area contributed by atoms with Gasteiger partial charge in [0.15, 0.2) is 0 Å². The standard InChI is InChI=1S/C23H31N3OS/c1-6-23(19(4)11-10-18(2)3)28-25-20(5)16-27-22-9-7-8-21(12-13-22)26-15-14-24-17-26/h6-7,9,11-15,17,20,25H,2,8,10,16H2,1,3-5H3/b19-11?,23-6-. The van der Waals surface area contributed by atoms with Gasteiger partial charge in [-0.05, 0) is 69.9 Å². The van der Waals surface area contributed by atoms with Gasteiger partial charge in [-0.1, -0.05) is 30.4 Å². The molecule has 28 heavy (non-hydrogen) atoms. The highest BCUT2D eigenvalue weighted by molar-refractivity contribution is 8.01. The van der Waals surface area contributed by atoms with Crippen molar-refractivity contribution in [3.63, 3.8) is 0 Å². The number of imidazole rings is 1. The third kappa shape index (κ3) is 7.41. The fourth-order valence-electron chi connectivity index (χ4n) is 2.53. The van der Waals surface area contributed by atoms with Crippen molar-refractivity contribution in [1.82, 2.24) is 14.3 Å². The maximum Gasteiger partial charge on any atom is 0.119 e. The van der Waals surface area contributed by atoms with Gasteiger partial charge in [-0.15, -0.1) is 0 Å². The van der Waals surface area contributed by atoms with Crippen LogP contribution in [0.4, 0.5) is 0 Å². The summed E-state index contributed by atoms with van der Waals surface area (Å²) < 4.78 is 11.5. The Labute approximate surface area is 173 Å². The molecule has 0 bridgehead atoms. The Kier molecular flexibility index (Phi) is 9.11. The Bertz CT molecular complexity index is 798. The third-order valence-electron chi connectivity index (χ3n) is 4.16. The molecule has 0 aliphatic heterocycles. The molecule has 0 amide bonds. The summed E-state index contributed by atoms with van der Waals surface area (Å²) in [6.07, 6.45) is 19.9. The van der Waals surface area contributed by atoms with E-state index in [1.54, 1.807) is 18.1 Å². The van der Waals surface area contributed by atoms with Crippen LogP contribution in [0.1, 0.15) is 40.5 Å². The van der Waals surface area contributed by atoms with Crippen molar-refractivity contribution in [2.75, 3.05) is 6.61 Å². The molecule has 150 valence electrons. The zero-order chi connectivity index (χ0) is 20.4. The van der Waals surface area contributed by atoms with Crippen LogP contribution in [0.3, 0.4) is 0 Å². The quantitative estimate of drug-likeness (QED) is 0.297. The second kappa shape index (κ2) is 11.6. The summed E-state index contributed by atoms with van der Waals surface area (Å²) in [5.74, 6) is 0.873. The average Bonchev–Trinajstić information content (AvgIpc) is 3.11. The lowest BCUT2D eigenvalue weighted by atomic mass is 10.1. The van der Waals surface area contributed by atoms with Crippen LogP contribution >= 0.6 is 11.9 Å². The lowest BCUT2D eigenvalue weighted by Gasteiger charge is -2.16. The topological polar surface area (TPSA) is 39.1 Å². The number of rotatable bonds is 10. The molecule has 5 heteroatoms. The summed E-state index contributed by atoms with van der Waals surface area (Å²) in [7, 11) is 0. The van der Waals surface area contributed by atoms with Gasteiger partial charge in [0.25, 0.3) is 0 Å². The molecule has 1 aliphatic carbocycles. The van der Waals surface area contributed by atoms with Crippen molar-refractivity contribution in [2.45, 2.75) is 46.6 Å². The number of aromatic nitrogens is 2. The summed E-state index contributed by atoms with van der Waals surface area (Å²) in [4.78, 5) is 5.33. The highest BCUT2D eigenvalue weighted by Gasteiger charge is 2.08. The first kappa shape index (κ1) is 22.1.